The van der Waals surface area contributed by atoms with Crippen molar-refractivity contribution in [2.75, 3.05) is 13.1 Å². The first-order chi connectivity index (χ1) is 15.6. The molecule has 1 fully saturated rings. The first kappa shape index (κ1) is 22.4. The van der Waals surface area contributed by atoms with Gasteiger partial charge in [-0.2, -0.15) is 5.10 Å². The summed E-state index contributed by atoms with van der Waals surface area (Å²) in [6, 6.07) is 6.62. The summed E-state index contributed by atoms with van der Waals surface area (Å²) in [4.78, 5) is 23.6. The molecule has 7 heteroatoms. The Morgan fingerprint density at radius 3 is 2.81 bits per heavy atom. The average molecular weight is 435 g/mol. The van der Waals surface area contributed by atoms with E-state index in [9.17, 15) is 4.79 Å². The molecule has 0 saturated carbocycles. The van der Waals surface area contributed by atoms with Crippen LogP contribution in [0.25, 0.3) is 5.65 Å². The van der Waals surface area contributed by atoms with Gasteiger partial charge in [-0.1, -0.05) is 13.3 Å². The lowest BCUT2D eigenvalue weighted by molar-refractivity contribution is -0.121. The number of nitrogens with one attached hydrogen (secondary N) is 1. The minimum absolute atomic E-state index is 0.0980. The molecule has 0 spiro atoms. The van der Waals surface area contributed by atoms with E-state index in [1.165, 1.54) is 18.4 Å². The number of carbonyl (C=O) groups excluding carboxylic acids is 1. The van der Waals surface area contributed by atoms with Crippen LogP contribution in [0.15, 0.2) is 30.6 Å². The maximum Gasteiger partial charge on any atom is 0.220 e. The molecule has 170 valence electrons. The number of aromatic nitrogens is 4. The number of amides is 1. The van der Waals surface area contributed by atoms with Crippen molar-refractivity contribution in [3.63, 3.8) is 0 Å². The van der Waals surface area contributed by atoms with Crippen LogP contribution < -0.4 is 5.32 Å². The Hall–Kier alpha value is -2.80. The highest BCUT2D eigenvalue weighted by atomic mass is 16.1. The summed E-state index contributed by atoms with van der Waals surface area (Å²) in [6.07, 6.45) is 9.38. The number of rotatable bonds is 8. The highest BCUT2D eigenvalue weighted by Gasteiger charge is 2.27. The maximum atomic E-state index is 12.1. The molecule has 1 N–H and O–H groups in total. The molecular weight excluding hydrogens is 400 g/mol. The fourth-order valence-corrected chi connectivity index (χ4v) is 4.70. The van der Waals surface area contributed by atoms with Gasteiger partial charge in [-0.25, -0.2) is 9.50 Å². The smallest absolute Gasteiger partial charge is 0.220 e. The molecule has 32 heavy (non-hydrogen) atoms. The van der Waals surface area contributed by atoms with Gasteiger partial charge in [0.25, 0.3) is 0 Å². The first-order valence-corrected chi connectivity index (χ1v) is 11.8. The van der Waals surface area contributed by atoms with E-state index in [0.29, 0.717) is 18.9 Å². The zero-order valence-electron chi connectivity index (χ0n) is 19.5. The monoisotopic (exact) mass is 434 g/mol. The van der Waals surface area contributed by atoms with E-state index in [-0.39, 0.29) is 5.91 Å². The van der Waals surface area contributed by atoms with Gasteiger partial charge in [0.1, 0.15) is 0 Å². The molecule has 7 nitrogen and oxygen atoms in total. The molecule has 1 aliphatic heterocycles. The molecule has 1 amide bonds. The van der Waals surface area contributed by atoms with E-state index in [1.807, 2.05) is 23.8 Å². The van der Waals surface area contributed by atoms with Crippen molar-refractivity contribution in [1.82, 2.24) is 29.8 Å². The molecule has 4 rings (SSSR count). The van der Waals surface area contributed by atoms with Crippen molar-refractivity contribution >= 4 is 11.6 Å². The summed E-state index contributed by atoms with van der Waals surface area (Å²) >= 11 is 0. The quantitative estimate of drug-likeness (QED) is 0.581. The molecule has 1 unspecified atom stereocenters. The molecule has 3 aromatic heterocycles. The second-order valence-electron chi connectivity index (χ2n) is 8.79. The van der Waals surface area contributed by atoms with Gasteiger partial charge < -0.3 is 5.32 Å². The van der Waals surface area contributed by atoms with Crippen LogP contribution >= 0.6 is 0 Å². The number of pyridine rings is 1. The van der Waals surface area contributed by atoms with E-state index >= 15 is 0 Å². The third-order valence-corrected chi connectivity index (χ3v) is 6.45. The standard InChI is InChI=1S/C25H34N6O/c1-4-12-27-25(32)9-8-21-18(2)28-24-16-22(29-31(24)19(21)3)23-7-5-6-15-30(23)17-20-10-13-26-14-11-20/h10-11,13-14,16,23H,4-9,12,15,17H2,1-3H3,(H,27,32). The van der Waals surface area contributed by atoms with Gasteiger partial charge >= 0.3 is 0 Å². The SMILES string of the molecule is CCCNC(=O)CCc1c(C)nc2cc(C3CCCCN3Cc3ccncc3)nn2c1C. The second kappa shape index (κ2) is 10.2. The highest BCUT2D eigenvalue weighted by Crippen LogP contribution is 2.32. The molecule has 0 bridgehead atoms. The van der Waals surface area contributed by atoms with Gasteiger partial charge in [0.05, 0.1) is 11.7 Å². The number of hydrogen-bond acceptors (Lipinski definition) is 5. The Morgan fingerprint density at radius 2 is 2.03 bits per heavy atom. The fraction of sp³-hybridized carbons (Fsp3) is 0.520. The number of piperidine rings is 1. The Morgan fingerprint density at radius 1 is 1.22 bits per heavy atom. The molecule has 1 atom stereocenters. The summed E-state index contributed by atoms with van der Waals surface area (Å²) in [5.41, 5.74) is 6.45. The molecular formula is C25H34N6O. The van der Waals surface area contributed by atoms with Gasteiger partial charge in [-0.3, -0.25) is 14.7 Å². The third kappa shape index (κ3) is 4.99. The normalized spacial score (nSPS) is 17.0. The van der Waals surface area contributed by atoms with Crippen molar-refractivity contribution in [2.24, 2.45) is 0 Å². The van der Waals surface area contributed by atoms with E-state index < -0.39 is 0 Å². The van der Waals surface area contributed by atoms with Crippen LogP contribution in [0.4, 0.5) is 0 Å². The number of carbonyl (C=O) groups is 1. The molecule has 1 aliphatic rings. The predicted molar refractivity (Wildman–Crippen MR) is 125 cm³/mol. The van der Waals surface area contributed by atoms with Crippen LogP contribution in [0.5, 0.6) is 0 Å². The Labute approximate surface area is 190 Å². The van der Waals surface area contributed by atoms with Crippen LogP contribution in [0.3, 0.4) is 0 Å². The summed E-state index contributed by atoms with van der Waals surface area (Å²) in [7, 11) is 0. The molecule has 4 heterocycles. The van der Waals surface area contributed by atoms with E-state index in [0.717, 1.165) is 60.8 Å². The third-order valence-electron chi connectivity index (χ3n) is 6.45. The largest absolute Gasteiger partial charge is 0.356 e. The van der Waals surface area contributed by atoms with Crippen molar-refractivity contribution in [3.05, 3.63) is 58.8 Å². The van der Waals surface area contributed by atoms with Crippen molar-refractivity contribution in [1.29, 1.82) is 0 Å². The van der Waals surface area contributed by atoms with Gasteiger partial charge in [0.15, 0.2) is 5.65 Å². The van der Waals surface area contributed by atoms with Crippen molar-refractivity contribution < 1.29 is 4.79 Å². The van der Waals surface area contributed by atoms with Gasteiger partial charge in [0, 0.05) is 49.4 Å². The Kier molecular flexibility index (Phi) is 7.15. The van der Waals surface area contributed by atoms with Crippen molar-refractivity contribution in [3.8, 4) is 0 Å². The summed E-state index contributed by atoms with van der Waals surface area (Å²) in [5, 5.41) is 7.97. The maximum absolute atomic E-state index is 12.1. The van der Waals surface area contributed by atoms with Crippen molar-refractivity contribution in [2.45, 2.75) is 71.9 Å². The van der Waals surface area contributed by atoms with Crippen LogP contribution in [0, 0.1) is 13.8 Å². The molecule has 3 aromatic rings. The lowest BCUT2D eigenvalue weighted by Crippen LogP contribution is -2.33. The molecule has 0 aromatic carbocycles. The fourth-order valence-electron chi connectivity index (χ4n) is 4.70. The van der Waals surface area contributed by atoms with E-state index in [1.54, 1.807) is 0 Å². The Balaban J connectivity index is 1.57. The number of fused-ring (bicyclic) bond motifs is 1. The highest BCUT2D eigenvalue weighted by molar-refractivity contribution is 5.76. The minimum atomic E-state index is 0.0980. The van der Waals surface area contributed by atoms with E-state index in [4.69, 9.17) is 10.1 Å². The predicted octanol–water partition coefficient (Wildman–Crippen LogP) is 3.93. The van der Waals surface area contributed by atoms with Crippen LogP contribution in [0.2, 0.25) is 0 Å². The van der Waals surface area contributed by atoms with Crippen LogP contribution in [-0.4, -0.2) is 43.5 Å². The minimum Gasteiger partial charge on any atom is -0.356 e. The summed E-state index contributed by atoms with van der Waals surface area (Å²) < 4.78 is 1.97. The number of nitrogens with zero attached hydrogens (tertiary/aromatic N) is 5. The zero-order valence-corrected chi connectivity index (χ0v) is 19.5. The molecule has 0 radical (unpaired) electrons. The number of hydrogen-bond donors (Lipinski definition) is 1. The summed E-state index contributed by atoms with van der Waals surface area (Å²) in [6.45, 7) is 8.90. The van der Waals surface area contributed by atoms with Crippen LogP contribution in [-0.2, 0) is 17.8 Å². The second-order valence-corrected chi connectivity index (χ2v) is 8.79. The zero-order chi connectivity index (χ0) is 22.5. The lowest BCUT2D eigenvalue weighted by Gasteiger charge is -2.34. The van der Waals surface area contributed by atoms with Crippen LogP contribution in [0.1, 0.15) is 73.3 Å². The number of likely N-dealkylation sites (tertiary alicyclic amines) is 1. The van der Waals surface area contributed by atoms with Gasteiger partial charge in [0.2, 0.25) is 5.91 Å². The molecule has 1 saturated heterocycles. The van der Waals surface area contributed by atoms with Gasteiger partial charge in [-0.05, 0) is 69.3 Å². The van der Waals surface area contributed by atoms with Gasteiger partial charge in [-0.15, -0.1) is 0 Å². The lowest BCUT2D eigenvalue weighted by atomic mass is 9.98. The average Bonchev–Trinajstić information content (AvgIpc) is 3.22. The Bertz CT molecular complexity index is 1060. The van der Waals surface area contributed by atoms with E-state index in [2.05, 4.69) is 47.2 Å². The topological polar surface area (TPSA) is 75.4 Å². The molecule has 0 aliphatic carbocycles. The summed E-state index contributed by atoms with van der Waals surface area (Å²) in [5.74, 6) is 0.0980. The first-order valence-electron chi connectivity index (χ1n) is 11.8. The number of aryl methyl sites for hydroxylation is 2.